The number of para-hydroxylation sites is 3. The third kappa shape index (κ3) is 5.48. The van der Waals surface area contributed by atoms with Crippen molar-refractivity contribution in [2.24, 2.45) is 6.98 Å². The summed E-state index contributed by atoms with van der Waals surface area (Å²) in [6.45, 7) is 4.18. The van der Waals surface area contributed by atoms with E-state index in [0.717, 1.165) is 60.7 Å². The molecule has 0 atom stereocenters. The van der Waals surface area contributed by atoms with Crippen molar-refractivity contribution in [1.82, 2.24) is 14.1 Å². The van der Waals surface area contributed by atoms with E-state index in [9.17, 15) is 0 Å². The fourth-order valence-corrected chi connectivity index (χ4v) is 7.57. The molecule has 0 aliphatic rings. The van der Waals surface area contributed by atoms with Crippen LogP contribution in [-0.4, -0.2) is 14.1 Å². The predicted molar refractivity (Wildman–Crippen MR) is 216 cm³/mol. The normalized spacial score (nSPS) is 13.0. The van der Waals surface area contributed by atoms with Gasteiger partial charge in [-0.3, -0.25) is 4.57 Å². The average molecular weight is 676 g/mol. The monoisotopic (exact) mass is 675 g/mol. The molecule has 0 aliphatic heterocycles. The summed E-state index contributed by atoms with van der Waals surface area (Å²) in [5, 5.41) is 6.17. The van der Waals surface area contributed by atoms with E-state index in [0.29, 0.717) is 11.9 Å². The van der Waals surface area contributed by atoms with Gasteiger partial charge in [-0.15, -0.1) is 0 Å². The van der Waals surface area contributed by atoms with E-state index in [1.165, 1.54) is 20.9 Å². The van der Waals surface area contributed by atoms with Gasteiger partial charge in [-0.1, -0.05) is 148 Å². The summed E-state index contributed by atoms with van der Waals surface area (Å²) < 4.78 is 31.6. The smallest absolute Gasteiger partial charge is 0.245 e. The molecule has 0 bridgehead atoms. The van der Waals surface area contributed by atoms with E-state index in [2.05, 4.69) is 117 Å². The maximum absolute atomic E-state index is 8.70. The van der Waals surface area contributed by atoms with Gasteiger partial charge in [0.25, 0.3) is 0 Å². The number of aromatic nitrogens is 4. The van der Waals surface area contributed by atoms with Crippen LogP contribution in [0.5, 0.6) is 0 Å². The fourth-order valence-electron chi connectivity index (χ4n) is 7.57. The van der Waals surface area contributed by atoms with Gasteiger partial charge in [0.15, 0.2) is 0 Å². The van der Waals surface area contributed by atoms with Gasteiger partial charge >= 0.3 is 0 Å². The van der Waals surface area contributed by atoms with Crippen LogP contribution < -0.4 is 4.57 Å². The average Bonchev–Trinajstić information content (AvgIpc) is 3.53. The lowest BCUT2D eigenvalue weighted by Gasteiger charge is -2.20. The second-order valence-corrected chi connectivity index (χ2v) is 14.6. The van der Waals surface area contributed by atoms with Gasteiger partial charge in [0.05, 0.1) is 38.8 Å². The highest BCUT2D eigenvalue weighted by molar-refractivity contribution is 6.13. The third-order valence-corrected chi connectivity index (χ3v) is 10.2. The van der Waals surface area contributed by atoms with Crippen molar-refractivity contribution >= 4 is 54.4 Å². The van der Waals surface area contributed by atoms with Crippen LogP contribution in [0.2, 0.25) is 0 Å². The van der Waals surface area contributed by atoms with Crippen molar-refractivity contribution in [3.05, 3.63) is 181 Å². The van der Waals surface area contributed by atoms with E-state index in [1.807, 2.05) is 77.5 Å². The Balaban J connectivity index is 1.24. The summed E-state index contributed by atoms with van der Waals surface area (Å²) in [5.41, 5.74) is 7.91. The Hall–Kier alpha value is -6.26. The lowest BCUT2D eigenvalue weighted by molar-refractivity contribution is -0.652. The number of aryl methyl sites for hydroxylation is 1. The highest BCUT2D eigenvalue weighted by Crippen LogP contribution is 2.34. The molecule has 252 valence electrons. The second kappa shape index (κ2) is 12.5. The van der Waals surface area contributed by atoms with Crippen LogP contribution in [0.25, 0.3) is 65.9 Å². The summed E-state index contributed by atoms with van der Waals surface area (Å²) in [4.78, 5) is 4.87. The highest BCUT2D eigenvalue weighted by atomic mass is 15.1. The van der Waals surface area contributed by atoms with Gasteiger partial charge in [0, 0.05) is 17.0 Å². The van der Waals surface area contributed by atoms with Gasteiger partial charge in [-0.05, 0) is 74.3 Å². The Bertz CT molecular complexity index is 3000. The van der Waals surface area contributed by atoms with Gasteiger partial charge in [-0.25, -0.2) is 4.98 Å². The van der Waals surface area contributed by atoms with E-state index in [1.54, 1.807) is 0 Å². The van der Waals surface area contributed by atoms with Gasteiger partial charge in [0.1, 0.15) is 5.82 Å². The summed E-state index contributed by atoms with van der Waals surface area (Å²) in [7, 11) is 0. The van der Waals surface area contributed by atoms with Gasteiger partial charge in [0.2, 0.25) is 6.33 Å². The molecule has 4 nitrogen and oxygen atoms in total. The van der Waals surface area contributed by atoms with Crippen molar-refractivity contribution in [3.8, 4) is 11.5 Å². The molecule has 0 unspecified atom stereocenters. The minimum Gasteiger partial charge on any atom is -0.314 e. The molecular weight excluding hydrogens is 633 g/mol. The first kappa shape index (κ1) is 28.4. The predicted octanol–water partition coefficient (Wildman–Crippen LogP) is 11.1. The van der Waals surface area contributed by atoms with Crippen molar-refractivity contribution in [3.63, 3.8) is 0 Å². The summed E-state index contributed by atoms with van der Waals surface area (Å²) in [5.74, 6) is 0.900. The molecule has 9 aromatic rings. The number of nitrogens with zero attached hydrogens (tertiary/aromatic N) is 4. The number of rotatable bonds is 4. The highest BCUT2D eigenvalue weighted by Gasteiger charge is 2.18. The Labute approximate surface area is 308 Å². The van der Waals surface area contributed by atoms with E-state index in [4.69, 9.17) is 9.10 Å². The van der Waals surface area contributed by atoms with Crippen LogP contribution >= 0.6 is 0 Å². The molecule has 52 heavy (non-hydrogen) atoms. The molecule has 0 fully saturated rings. The number of hydrogen-bond donors (Lipinski definition) is 0. The Morgan fingerprint density at radius 2 is 1.23 bits per heavy atom. The molecule has 0 spiro atoms. The van der Waals surface area contributed by atoms with Crippen molar-refractivity contribution in [2.75, 3.05) is 0 Å². The molecule has 3 aromatic heterocycles. The molecule has 6 aromatic carbocycles. The molecule has 0 aliphatic carbocycles. The minimum atomic E-state index is -2.50. The molecule has 4 heteroatoms. The number of hydrogen-bond acceptors (Lipinski definition) is 1. The number of benzene rings is 6. The van der Waals surface area contributed by atoms with Gasteiger partial charge in [-0.2, -0.15) is 0 Å². The Morgan fingerprint density at radius 1 is 0.596 bits per heavy atom. The second-order valence-electron chi connectivity index (χ2n) is 14.6. The quantitative estimate of drug-likeness (QED) is 0.135. The van der Waals surface area contributed by atoms with Crippen LogP contribution in [0, 0.1) is 6.33 Å². The zero-order chi connectivity index (χ0) is 37.9. The largest absolute Gasteiger partial charge is 0.314 e. The lowest BCUT2D eigenvalue weighted by Crippen LogP contribution is -2.30. The molecule has 9 rings (SSSR count). The van der Waals surface area contributed by atoms with Crippen LogP contribution in [0.4, 0.5) is 0 Å². The van der Waals surface area contributed by atoms with E-state index in [-0.39, 0.29) is 5.41 Å². The zero-order valence-corrected chi connectivity index (χ0v) is 29.5. The maximum atomic E-state index is 8.70. The maximum Gasteiger partial charge on any atom is 0.245 e. The third-order valence-electron chi connectivity index (χ3n) is 10.2. The van der Waals surface area contributed by atoms with Crippen LogP contribution in [0.1, 0.15) is 41.6 Å². The van der Waals surface area contributed by atoms with Crippen molar-refractivity contribution < 1.29 is 8.68 Å². The Morgan fingerprint density at radius 3 is 2.00 bits per heavy atom. The summed E-state index contributed by atoms with van der Waals surface area (Å²) in [6.07, 6.45) is 5.95. The number of pyridine rings is 1. The van der Waals surface area contributed by atoms with Crippen molar-refractivity contribution in [2.45, 2.75) is 32.6 Å². The standard InChI is InChI=1S/C48H40N4/c1-48(2,3)35-26-27-49-47(31-35)52-45-23-12-9-20-41(45)42-25-24-34(30-46(42)52)28-33-14-13-15-36(29-33)51-32-50(4)43-21-10-7-18-39(43)37-16-5-6-17-38(37)40-19-8-11-22-44(40)51/h5-27,29-31H,28H2,1-4H3/i4D3. The summed E-state index contributed by atoms with van der Waals surface area (Å²) >= 11 is 0. The molecule has 0 radical (unpaired) electrons. The minimum absolute atomic E-state index is 0.0130. The van der Waals surface area contributed by atoms with Crippen LogP contribution in [-0.2, 0) is 18.8 Å². The first-order valence-electron chi connectivity index (χ1n) is 19.3. The summed E-state index contributed by atoms with van der Waals surface area (Å²) in [6, 6.07) is 51.9. The van der Waals surface area contributed by atoms with Gasteiger partial charge < -0.3 is 9.13 Å². The zero-order valence-electron chi connectivity index (χ0n) is 32.5. The first-order chi connectivity index (χ1) is 26.5. The molecule has 0 saturated heterocycles. The molecule has 0 saturated carbocycles. The van der Waals surface area contributed by atoms with E-state index >= 15 is 0 Å². The fraction of sp³-hybridized carbons (Fsp3) is 0.125. The van der Waals surface area contributed by atoms with Crippen LogP contribution in [0.15, 0.2) is 158 Å². The topological polar surface area (TPSA) is 26.6 Å². The number of fused-ring (bicyclic) bond motifs is 8. The first-order valence-corrected chi connectivity index (χ1v) is 17.8. The van der Waals surface area contributed by atoms with Crippen molar-refractivity contribution in [1.29, 1.82) is 0 Å². The molecule has 0 N–H and O–H groups in total. The SMILES string of the molecule is [2H]C([2H])([2H])[n+]1[c-]n(-c2cccc(Cc3ccc4c5ccccc5n(-c5cc(C(C)(C)C)ccn5)c4c3)c2)c2ccccc2c2ccccc2c2ccccc21. The van der Waals surface area contributed by atoms with Crippen LogP contribution in [0.3, 0.4) is 0 Å². The van der Waals surface area contributed by atoms with E-state index < -0.39 is 6.98 Å². The lowest BCUT2D eigenvalue weighted by atomic mass is 9.88. The Kier molecular flexibility index (Phi) is 6.84. The molecular formula is C48H40N4. The molecule has 3 heterocycles. The molecule has 0 amide bonds.